The molecule has 0 aliphatic heterocycles. The van der Waals surface area contributed by atoms with Crippen molar-refractivity contribution in [3.8, 4) is 0 Å². The van der Waals surface area contributed by atoms with E-state index in [2.05, 4.69) is 6.92 Å². The second-order valence-corrected chi connectivity index (χ2v) is 8.02. The van der Waals surface area contributed by atoms with E-state index in [1.807, 2.05) is 51.1 Å². The average Bonchev–Trinajstić information content (AvgIpc) is 3.06. The molecule has 0 saturated heterocycles. The molecule has 0 spiro atoms. The van der Waals surface area contributed by atoms with Crippen molar-refractivity contribution >= 4 is 28.5 Å². The van der Waals surface area contributed by atoms with Crippen molar-refractivity contribution in [3.63, 3.8) is 0 Å². The molecule has 1 aromatic carbocycles. The van der Waals surface area contributed by atoms with E-state index in [4.69, 9.17) is 25.9 Å². The smallest absolute Gasteiger partial charge is 0.303 e. The van der Waals surface area contributed by atoms with Gasteiger partial charge in [-0.15, -0.1) is 0 Å². The number of carbonyl (C=O) groups is 1. The summed E-state index contributed by atoms with van der Waals surface area (Å²) in [5.41, 5.74) is 3.21. The van der Waals surface area contributed by atoms with E-state index in [1.165, 1.54) is 0 Å². The molecular formula is C23H27ClO4. The number of hydrogen-bond acceptors (Lipinski definition) is 3. The van der Waals surface area contributed by atoms with Gasteiger partial charge in [-0.2, -0.15) is 0 Å². The minimum atomic E-state index is -0.793. The first-order valence-corrected chi connectivity index (χ1v) is 10.1. The van der Waals surface area contributed by atoms with Gasteiger partial charge in [0.2, 0.25) is 0 Å². The van der Waals surface area contributed by atoms with Gasteiger partial charge in [0.15, 0.2) is 0 Å². The second kappa shape index (κ2) is 8.14. The molecule has 0 radical (unpaired) electrons. The number of benzene rings is 1. The minimum absolute atomic E-state index is 0.00798. The van der Waals surface area contributed by atoms with E-state index in [0.29, 0.717) is 18.1 Å². The van der Waals surface area contributed by atoms with Crippen LogP contribution in [0.1, 0.15) is 50.5 Å². The van der Waals surface area contributed by atoms with Gasteiger partial charge in [-0.1, -0.05) is 36.8 Å². The van der Waals surface area contributed by atoms with E-state index in [9.17, 15) is 4.79 Å². The summed E-state index contributed by atoms with van der Waals surface area (Å²) in [6, 6.07) is 3.96. The maximum atomic E-state index is 11.1. The molecule has 1 N–H and O–H groups in total. The van der Waals surface area contributed by atoms with Crippen LogP contribution in [-0.4, -0.2) is 16.7 Å². The molecule has 3 rings (SSSR count). The van der Waals surface area contributed by atoms with Crippen LogP contribution in [-0.2, 0) is 22.6 Å². The Hall–Kier alpha value is -2.04. The molecule has 1 aromatic heterocycles. The molecule has 0 amide bonds. The Morgan fingerprint density at radius 1 is 1.36 bits per heavy atom. The predicted octanol–water partition coefficient (Wildman–Crippen LogP) is 6.23. The minimum Gasteiger partial charge on any atom is -0.481 e. The van der Waals surface area contributed by atoms with Gasteiger partial charge in [0.25, 0.3) is 0 Å². The van der Waals surface area contributed by atoms with Crippen molar-refractivity contribution in [1.29, 1.82) is 0 Å². The Kier molecular flexibility index (Phi) is 6.01. The predicted molar refractivity (Wildman–Crippen MR) is 112 cm³/mol. The topological polar surface area (TPSA) is 59.7 Å². The van der Waals surface area contributed by atoms with Gasteiger partial charge in [-0.3, -0.25) is 4.79 Å². The summed E-state index contributed by atoms with van der Waals surface area (Å²) in [6.07, 6.45) is 7.50. The summed E-state index contributed by atoms with van der Waals surface area (Å²) in [6.45, 7) is 8.44. The quantitative estimate of drug-likeness (QED) is 0.596. The zero-order chi connectivity index (χ0) is 20.5. The van der Waals surface area contributed by atoms with Gasteiger partial charge in [-0.25, -0.2) is 0 Å². The average molecular weight is 403 g/mol. The first-order valence-electron chi connectivity index (χ1n) is 9.68. The summed E-state index contributed by atoms with van der Waals surface area (Å²) in [4.78, 5) is 11.1. The van der Waals surface area contributed by atoms with Crippen molar-refractivity contribution in [3.05, 3.63) is 57.8 Å². The van der Waals surface area contributed by atoms with E-state index >= 15 is 0 Å². The van der Waals surface area contributed by atoms with E-state index in [-0.39, 0.29) is 12.3 Å². The third-order valence-corrected chi connectivity index (χ3v) is 6.29. The zero-order valence-corrected chi connectivity index (χ0v) is 17.6. The lowest BCUT2D eigenvalue weighted by molar-refractivity contribution is -0.137. The highest BCUT2D eigenvalue weighted by Gasteiger charge is 2.37. The van der Waals surface area contributed by atoms with Crippen LogP contribution in [0.5, 0.6) is 0 Å². The normalized spacial score (nSPS) is 21.9. The van der Waals surface area contributed by atoms with Crippen LogP contribution in [0.3, 0.4) is 0 Å². The maximum absolute atomic E-state index is 11.1. The monoisotopic (exact) mass is 402 g/mol. The van der Waals surface area contributed by atoms with Crippen molar-refractivity contribution in [2.24, 2.45) is 5.92 Å². The third kappa shape index (κ3) is 3.89. The van der Waals surface area contributed by atoms with Crippen molar-refractivity contribution in [1.82, 2.24) is 0 Å². The molecule has 4 nitrogen and oxygen atoms in total. The molecule has 1 aliphatic carbocycles. The highest BCUT2D eigenvalue weighted by atomic mass is 35.5. The largest absolute Gasteiger partial charge is 0.481 e. The van der Waals surface area contributed by atoms with Gasteiger partial charge >= 0.3 is 5.97 Å². The number of fused-ring (bicyclic) bond motifs is 1. The van der Waals surface area contributed by atoms with Crippen LogP contribution in [0.15, 0.2) is 40.4 Å². The lowest BCUT2D eigenvalue weighted by Crippen LogP contribution is -2.39. The maximum Gasteiger partial charge on any atom is 0.303 e. The van der Waals surface area contributed by atoms with Crippen LogP contribution >= 0.6 is 11.6 Å². The van der Waals surface area contributed by atoms with Crippen molar-refractivity contribution in [2.75, 3.05) is 0 Å². The van der Waals surface area contributed by atoms with Crippen LogP contribution in [0.4, 0.5) is 0 Å². The van der Waals surface area contributed by atoms with Gasteiger partial charge in [0.05, 0.1) is 12.2 Å². The van der Waals surface area contributed by atoms with E-state index in [1.54, 1.807) is 0 Å². The Balaban J connectivity index is 1.92. The summed E-state index contributed by atoms with van der Waals surface area (Å²) in [5, 5.41) is 10.8. The van der Waals surface area contributed by atoms with Crippen LogP contribution in [0.25, 0.3) is 11.0 Å². The Bertz CT molecular complexity index is 953. The Morgan fingerprint density at radius 3 is 2.79 bits per heavy atom. The number of allylic oxidation sites excluding steroid dienone is 2. The molecular weight excluding hydrogens is 376 g/mol. The van der Waals surface area contributed by atoms with E-state index < -0.39 is 11.6 Å². The second-order valence-electron chi connectivity index (χ2n) is 7.62. The fourth-order valence-corrected chi connectivity index (χ4v) is 4.01. The molecule has 1 heterocycles. The number of halogens is 1. The van der Waals surface area contributed by atoms with Crippen LogP contribution in [0.2, 0.25) is 5.02 Å². The number of furan rings is 1. The highest BCUT2D eigenvalue weighted by Crippen LogP contribution is 2.39. The molecule has 2 atom stereocenters. The first kappa shape index (κ1) is 20.7. The standard InChI is InChI=1S/C23H27ClO4/c1-5-18-11-16-12-20(24)15(3)19(22(16)28-18)13-27-23(4)14(2)7-6-8-17(23)9-10-21(25)26/h6-8,11-12,17H,5,9-10,13H2,1-4H3,(H,25,26). The fraction of sp³-hybridized carbons (Fsp3) is 0.435. The van der Waals surface area contributed by atoms with Gasteiger partial charge in [-0.05, 0) is 50.5 Å². The molecule has 2 aromatic rings. The molecule has 0 bridgehead atoms. The van der Waals surface area contributed by atoms with Gasteiger partial charge < -0.3 is 14.3 Å². The van der Waals surface area contributed by atoms with E-state index in [0.717, 1.165) is 39.9 Å². The van der Waals surface area contributed by atoms with Crippen molar-refractivity contribution in [2.45, 2.75) is 59.2 Å². The van der Waals surface area contributed by atoms with Gasteiger partial charge in [0, 0.05) is 34.7 Å². The fourth-order valence-electron chi connectivity index (χ4n) is 3.78. The first-order chi connectivity index (χ1) is 13.3. The number of aliphatic carboxylic acids is 1. The summed E-state index contributed by atoms with van der Waals surface area (Å²) in [5.74, 6) is 0.115. The number of hydrogen-bond donors (Lipinski definition) is 1. The number of carboxylic acid groups (broad SMARTS) is 1. The Morgan fingerprint density at radius 2 is 2.11 bits per heavy atom. The molecule has 2 unspecified atom stereocenters. The summed E-state index contributed by atoms with van der Waals surface area (Å²) >= 11 is 6.46. The lowest BCUT2D eigenvalue weighted by atomic mass is 9.77. The Labute approximate surface area is 170 Å². The third-order valence-electron chi connectivity index (χ3n) is 5.89. The lowest BCUT2D eigenvalue weighted by Gasteiger charge is -2.39. The molecule has 0 fully saturated rings. The molecule has 5 heteroatoms. The highest BCUT2D eigenvalue weighted by molar-refractivity contribution is 6.32. The number of rotatable bonds is 7. The van der Waals surface area contributed by atoms with Crippen LogP contribution in [0, 0.1) is 12.8 Å². The number of ether oxygens (including phenoxy) is 1. The number of aryl methyl sites for hydroxylation is 1. The molecule has 150 valence electrons. The molecule has 0 saturated carbocycles. The van der Waals surface area contributed by atoms with Crippen LogP contribution < -0.4 is 0 Å². The van der Waals surface area contributed by atoms with Crippen molar-refractivity contribution < 1.29 is 19.1 Å². The number of carboxylic acids is 1. The molecule has 1 aliphatic rings. The SMILES string of the molecule is CCc1cc2cc(Cl)c(C)c(COC3(C)C(C)=CC=CC3CCC(=O)O)c2o1. The zero-order valence-electron chi connectivity index (χ0n) is 16.8. The molecule has 28 heavy (non-hydrogen) atoms. The van der Waals surface area contributed by atoms with Gasteiger partial charge in [0.1, 0.15) is 11.3 Å². The summed E-state index contributed by atoms with van der Waals surface area (Å²) < 4.78 is 12.5. The summed E-state index contributed by atoms with van der Waals surface area (Å²) in [7, 11) is 0.